The Morgan fingerprint density at radius 1 is 1.64 bits per heavy atom. The summed E-state index contributed by atoms with van der Waals surface area (Å²) in [6.45, 7) is 3.93. The second-order valence-corrected chi connectivity index (χ2v) is 4.29. The summed E-state index contributed by atoms with van der Waals surface area (Å²) in [5.74, 6) is -0.759. The van der Waals surface area contributed by atoms with Crippen LogP contribution >= 0.6 is 0 Å². The molecule has 0 heterocycles. The van der Waals surface area contributed by atoms with Gasteiger partial charge < -0.3 is 9.84 Å². The van der Waals surface area contributed by atoms with Gasteiger partial charge in [-0.25, -0.2) is 0 Å². The van der Waals surface area contributed by atoms with Gasteiger partial charge in [0.15, 0.2) is 0 Å². The number of hydrogen-bond donors (Lipinski definition) is 2. The van der Waals surface area contributed by atoms with Gasteiger partial charge in [0.25, 0.3) is 0 Å². The first-order valence-electron chi connectivity index (χ1n) is 5.04. The molecule has 82 valence electrons. The number of carbonyl (C=O) groups is 1. The maximum atomic E-state index is 11.2. The average Bonchev–Trinajstić information content (AvgIpc) is 2.48. The lowest BCUT2D eigenvalue weighted by atomic mass is 9.96. The van der Waals surface area contributed by atoms with Crippen LogP contribution in [0.4, 0.5) is 0 Å². The lowest BCUT2D eigenvalue weighted by Gasteiger charge is -2.28. The SMILES string of the molecule is COC1CCC(NC(C)C)(C(=O)O)C1. The zero-order chi connectivity index (χ0) is 10.8. The van der Waals surface area contributed by atoms with E-state index < -0.39 is 11.5 Å². The molecule has 0 aromatic carbocycles. The van der Waals surface area contributed by atoms with Gasteiger partial charge >= 0.3 is 5.97 Å². The number of hydrogen-bond acceptors (Lipinski definition) is 3. The van der Waals surface area contributed by atoms with Crippen molar-refractivity contribution in [1.82, 2.24) is 5.32 Å². The molecule has 1 saturated carbocycles. The van der Waals surface area contributed by atoms with Gasteiger partial charge in [-0.1, -0.05) is 0 Å². The van der Waals surface area contributed by atoms with Crippen molar-refractivity contribution < 1.29 is 14.6 Å². The molecule has 2 unspecified atom stereocenters. The third kappa shape index (κ3) is 2.25. The molecule has 1 aliphatic rings. The van der Waals surface area contributed by atoms with Crippen LogP contribution in [0.25, 0.3) is 0 Å². The van der Waals surface area contributed by atoms with E-state index in [-0.39, 0.29) is 12.1 Å². The molecule has 2 atom stereocenters. The Kier molecular flexibility index (Phi) is 3.50. The smallest absolute Gasteiger partial charge is 0.324 e. The highest BCUT2D eigenvalue weighted by molar-refractivity contribution is 5.79. The third-order valence-corrected chi connectivity index (χ3v) is 2.78. The molecule has 0 amide bonds. The Bertz CT molecular complexity index is 217. The first-order chi connectivity index (χ1) is 6.50. The Morgan fingerprint density at radius 2 is 2.29 bits per heavy atom. The lowest BCUT2D eigenvalue weighted by molar-refractivity contribution is -0.145. The molecule has 0 saturated heterocycles. The first kappa shape index (κ1) is 11.5. The van der Waals surface area contributed by atoms with E-state index in [1.807, 2.05) is 13.8 Å². The monoisotopic (exact) mass is 201 g/mol. The van der Waals surface area contributed by atoms with Crippen molar-refractivity contribution in [3.8, 4) is 0 Å². The van der Waals surface area contributed by atoms with Crippen molar-refractivity contribution in [3.63, 3.8) is 0 Å². The van der Waals surface area contributed by atoms with Gasteiger partial charge in [0.2, 0.25) is 0 Å². The van der Waals surface area contributed by atoms with Gasteiger partial charge in [-0.2, -0.15) is 0 Å². The largest absolute Gasteiger partial charge is 0.480 e. The van der Waals surface area contributed by atoms with Crippen LogP contribution < -0.4 is 5.32 Å². The van der Waals surface area contributed by atoms with E-state index in [0.29, 0.717) is 12.8 Å². The fraction of sp³-hybridized carbons (Fsp3) is 0.900. The zero-order valence-electron chi connectivity index (χ0n) is 9.04. The number of carboxylic acid groups (broad SMARTS) is 1. The Labute approximate surface area is 84.6 Å². The lowest BCUT2D eigenvalue weighted by Crippen LogP contribution is -2.53. The van der Waals surface area contributed by atoms with Crippen LogP contribution in [-0.4, -0.2) is 35.9 Å². The molecule has 0 aromatic rings. The quantitative estimate of drug-likeness (QED) is 0.712. The minimum atomic E-state index is -0.769. The van der Waals surface area contributed by atoms with Gasteiger partial charge in [-0.05, 0) is 26.7 Å². The molecule has 0 aliphatic heterocycles. The van der Waals surface area contributed by atoms with Crippen molar-refractivity contribution in [3.05, 3.63) is 0 Å². The molecule has 0 radical (unpaired) electrons. The van der Waals surface area contributed by atoms with E-state index >= 15 is 0 Å². The predicted molar refractivity (Wildman–Crippen MR) is 53.3 cm³/mol. The summed E-state index contributed by atoms with van der Waals surface area (Å²) < 4.78 is 5.19. The van der Waals surface area contributed by atoms with Crippen LogP contribution in [0, 0.1) is 0 Å². The van der Waals surface area contributed by atoms with Crippen LogP contribution in [0.1, 0.15) is 33.1 Å². The molecule has 4 nitrogen and oxygen atoms in total. The molecule has 0 spiro atoms. The van der Waals surface area contributed by atoms with Crippen LogP contribution in [0.15, 0.2) is 0 Å². The molecule has 0 bridgehead atoms. The number of aliphatic carboxylic acids is 1. The highest BCUT2D eigenvalue weighted by Crippen LogP contribution is 2.32. The summed E-state index contributed by atoms with van der Waals surface area (Å²) in [5.41, 5.74) is -0.769. The van der Waals surface area contributed by atoms with E-state index in [2.05, 4.69) is 5.32 Å². The molecule has 0 aromatic heterocycles. The van der Waals surface area contributed by atoms with E-state index in [4.69, 9.17) is 4.74 Å². The molecule has 1 rings (SSSR count). The highest BCUT2D eigenvalue weighted by Gasteiger charge is 2.45. The van der Waals surface area contributed by atoms with Crippen molar-refractivity contribution in [1.29, 1.82) is 0 Å². The number of rotatable bonds is 4. The van der Waals surface area contributed by atoms with Gasteiger partial charge in [0.05, 0.1) is 6.10 Å². The average molecular weight is 201 g/mol. The van der Waals surface area contributed by atoms with Crippen LogP contribution in [0.2, 0.25) is 0 Å². The van der Waals surface area contributed by atoms with Crippen LogP contribution in [0.3, 0.4) is 0 Å². The van der Waals surface area contributed by atoms with Crippen LogP contribution in [0.5, 0.6) is 0 Å². The number of ether oxygens (including phenoxy) is 1. The number of methoxy groups -OCH3 is 1. The van der Waals surface area contributed by atoms with Crippen molar-refractivity contribution in [2.45, 2.75) is 50.8 Å². The first-order valence-corrected chi connectivity index (χ1v) is 5.04. The summed E-state index contributed by atoms with van der Waals surface area (Å²) in [6, 6.07) is 0.182. The molecule has 4 heteroatoms. The van der Waals surface area contributed by atoms with Crippen molar-refractivity contribution >= 4 is 5.97 Å². The summed E-state index contributed by atoms with van der Waals surface area (Å²) in [5, 5.41) is 12.3. The molecular formula is C10H19NO3. The van der Waals surface area contributed by atoms with E-state index in [9.17, 15) is 9.90 Å². The Balaban J connectivity index is 2.70. The minimum absolute atomic E-state index is 0.0809. The second kappa shape index (κ2) is 4.28. The summed E-state index contributed by atoms with van der Waals surface area (Å²) >= 11 is 0. The van der Waals surface area contributed by atoms with Gasteiger partial charge in [0, 0.05) is 19.6 Å². The van der Waals surface area contributed by atoms with E-state index in [0.717, 1.165) is 6.42 Å². The van der Waals surface area contributed by atoms with Gasteiger partial charge in [-0.15, -0.1) is 0 Å². The normalized spacial score (nSPS) is 32.4. The second-order valence-electron chi connectivity index (χ2n) is 4.29. The summed E-state index contributed by atoms with van der Waals surface area (Å²) in [4.78, 5) is 11.2. The standard InChI is InChI=1S/C10H19NO3/c1-7(2)11-10(9(12)13)5-4-8(6-10)14-3/h7-8,11H,4-6H2,1-3H3,(H,12,13). The van der Waals surface area contributed by atoms with Crippen molar-refractivity contribution in [2.75, 3.05) is 7.11 Å². The molecule has 1 fully saturated rings. The number of carboxylic acids is 1. The molecular weight excluding hydrogens is 182 g/mol. The van der Waals surface area contributed by atoms with Crippen LogP contribution in [-0.2, 0) is 9.53 Å². The fourth-order valence-electron chi connectivity index (χ4n) is 2.14. The predicted octanol–water partition coefficient (Wildman–Crippen LogP) is 1.01. The van der Waals surface area contributed by atoms with Gasteiger partial charge in [0.1, 0.15) is 5.54 Å². The highest BCUT2D eigenvalue weighted by atomic mass is 16.5. The Morgan fingerprint density at radius 3 is 2.64 bits per heavy atom. The molecule has 14 heavy (non-hydrogen) atoms. The minimum Gasteiger partial charge on any atom is -0.480 e. The Hall–Kier alpha value is -0.610. The molecule has 1 aliphatic carbocycles. The van der Waals surface area contributed by atoms with E-state index in [1.54, 1.807) is 7.11 Å². The topological polar surface area (TPSA) is 58.6 Å². The van der Waals surface area contributed by atoms with Gasteiger partial charge in [-0.3, -0.25) is 10.1 Å². The van der Waals surface area contributed by atoms with E-state index in [1.165, 1.54) is 0 Å². The summed E-state index contributed by atoms with van der Waals surface area (Å²) in [6.07, 6.45) is 2.12. The third-order valence-electron chi connectivity index (χ3n) is 2.78. The maximum Gasteiger partial charge on any atom is 0.324 e. The summed E-state index contributed by atoms with van der Waals surface area (Å²) in [7, 11) is 1.64. The van der Waals surface area contributed by atoms with Crippen molar-refractivity contribution in [2.24, 2.45) is 0 Å². The fourth-order valence-corrected chi connectivity index (χ4v) is 2.14. The zero-order valence-corrected chi connectivity index (χ0v) is 9.04. The number of nitrogens with one attached hydrogen (secondary N) is 1. The maximum absolute atomic E-state index is 11.2. The molecule has 2 N–H and O–H groups in total.